The number of alkyl halides is 2. The fourth-order valence-electron chi connectivity index (χ4n) is 3.64. The first-order chi connectivity index (χ1) is 16.3. The molecular weight excluding hydrogens is 444 g/mol. The number of amides is 2. The molecule has 10 heteroatoms. The normalized spacial score (nSPS) is 12.0. The maximum atomic E-state index is 13.5. The summed E-state index contributed by atoms with van der Waals surface area (Å²) in [5.74, 6) is -3.07. The number of rotatable bonds is 8. The van der Waals surface area contributed by atoms with E-state index >= 15 is 0 Å². The molecule has 172 valence electrons. The Hall–Kier alpha value is -4.47. The summed E-state index contributed by atoms with van der Waals surface area (Å²) in [5, 5.41) is 7.77. The summed E-state index contributed by atoms with van der Waals surface area (Å²) in [6, 6.07) is 14.3. The number of aromatic nitrogens is 3. The van der Waals surface area contributed by atoms with Crippen molar-refractivity contribution in [2.45, 2.75) is 19.0 Å². The molecule has 3 N–H and O–H groups in total. The number of pyridine rings is 1. The van der Waals surface area contributed by atoms with Crippen LogP contribution in [0.5, 0.6) is 0 Å². The van der Waals surface area contributed by atoms with Gasteiger partial charge in [-0.05, 0) is 17.0 Å². The minimum Gasteiger partial charge on any atom is -0.363 e. The molecule has 0 aliphatic heterocycles. The number of carbonyl (C=O) groups is 3. The van der Waals surface area contributed by atoms with Crippen LogP contribution in [0.25, 0.3) is 22.0 Å². The molecule has 4 rings (SSSR count). The van der Waals surface area contributed by atoms with E-state index in [9.17, 15) is 23.2 Å². The number of primary amides is 1. The summed E-state index contributed by atoms with van der Waals surface area (Å²) in [5.41, 5.74) is 6.05. The summed E-state index contributed by atoms with van der Waals surface area (Å²) in [4.78, 5) is 41.3. The van der Waals surface area contributed by atoms with Gasteiger partial charge < -0.3 is 11.1 Å². The number of halogens is 2. The summed E-state index contributed by atoms with van der Waals surface area (Å²) in [6.07, 6.45) is 4.02. The quantitative estimate of drug-likeness (QED) is 0.390. The van der Waals surface area contributed by atoms with Gasteiger partial charge in [-0.2, -0.15) is 13.9 Å². The number of hydrogen-bond acceptors (Lipinski definition) is 5. The first-order valence-corrected chi connectivity index (χ1v) is 10.2. The van der Waals surface area contributed by atoms with E-state index in [2.05, 4.69) is 15.4 Å². The first-order valence-electron chi connectivity index (χ1n) is 10.2. The van der Waals surface area contributed by atoms with E-state index in [1.54, 1.807) is 60.9 Å². The van der Waals surface area contributed by atoms with Gasteiger partial charge in [0.25, 0.3) is 11.8 Å². The topological polar surface area (TPSA) is 120 Å². The lowest BCUT2D eigenvalue weighted by Crippen LogP contribution is -2.47. The fraction of sp³-hybridized carbons (Fsp3) is 0.125. The number of hydrogen-bond donors (Lipinski definition) is 2. The van der Waals surface area contributed by atoms with Crippen LogP contribution in [0.2, 0.25) is 0 Å². The molecule has 2 aromatic carbocycles. The highest BCUT2D eigenvalue weighted by Gasteiger charge is 2.29. The first kappa shape index (κ1) is 22.7. The Morgan fingerprint density at radius 1 is 1.03 bits per heavy atom. The van der Waals surface area contributed by atoms with Crippen LogP contribution >= 0.6 is 0 Å². The van der Waals surface area contributed by atoms with Crippen LogP contribution in [0.4, 0.5) is 8.78 Å². The lowest BCUT2D eigenvalue weighted by atomic mass is 9.99. The number of nitrogens with two attached hydrogens (primary N) is 1. The highest BCUT2D eigenvalue weighted by molar-refractivity contribution is 6.38. The van der Waals surface area contributed by atoms with Crippen molar-refractivity contribution in [1.82, 2.24) is 20.1 Å². The third kappa shape index (κ3) is 4.65. The second-order valence-corrected chi connectivity index (χ2v) is 7.50. The maximum absolute atomic E-state index is 13.5. The molecule has 0 aliphatic rings. The molecule has 0 radical (unpaired) electrons. The van der Waals surface area contributed by atoms with E-state index in [4.69, 9.17) is 5.73 Å². The van der Waals surface area contributed by atoms with Crippen molar-refractivity contribution < 1.29 is 23.2 Å². The third-order valence-corrected chi connectivity index (χ3v) is 5.26. The molecule has 1 atom stereocenters. The van der Waals surface area contributed by atoms with Crippen molar-refractivity contribution in [3.05, 3.63) is 84.3 Å². The Kier molecular flexibility index (Phi) is 6.39. The van der Waals surface area contributed by atoms with Crippen LogP contribution < -0.4 is 11.1 Å². The standard InChI is InChI=1S/C24H19F2N5O3/c25-24(26)31-13-18(20(30-31)16-8-4-7-15-9-10-28-12-17(15)16)23(34)29-19(21(32)22(27)33)11-14-5-2-1-3-6-14/h1-10,12-13,19,24H,11H2,(H2,27,33)(H,29,34). The molecule has 2 heterocycles. The molecule has 4 aromatic rings. The number of ketones is 1. The van der Waals surface area contributed by atoms with Crippen molar-refractivity contribution in [1.29, 1.82) is 0 Å². The summed E-state index contributed by atoms with van der Waals surface area (Å²) < 4.78 is 27.3. The van der Waals surface area contributed by atoms with Crippen molar-refractivity contribution in [3.63, 3.8) is 0 Å². The van der Waals surface area contributed by atoms with Gasteiger partial charge in [-0.25, -0.2) is 4.68 Å². The molecular formula is C24H19F2N5O3. The van der Waals surface area contributed by atoms with Gasteiger partial charge in [0.15, 0.2) is 0 Å². The van der Waals surface area contributed by atoms with Crippen molar-refractivity contribution in [3.8, 4) is 11.3 Å². The van der Waals surface area contributed by atoms with E-state index < -0.39 is 30.2 Å². The molecule has 0 fully saturated rings. The number of Topliss-reactive ketones (excluding diaryl/α,β-unsaturated/α-hetero) is 1. The number of fused-ring (bicyclic) bond motifs is 1. The molecule has 0 saturated heterocycles. The van der Waals surface area contributed by atoms with Crippen LogP contribution in [-0.2, 0) is 16.0 Å². The van der Waals surface area contributed by atoms with Gasteiger partial charge in [0.2, 0.25) is 5.78 Å². The monoisotopic (exact) mass is 463 g/mol. The van der Waals surface area contributed by atoms with Crippen molar-refractivity contribution >= 4 is 28.4 Å². The van der Waals surface area contributed by atoms with Crippen LogP contribution in [0.3, 0.4) is 0 Å². The number of carbonyl (C=O) groups excluding carboxylic acids is 3. The zero-order valence-corrected chi connectivity index (χ0v) is 17.7. The fourth-order valence-corrected chi connectivity index (χ4v) is 3.64. The van der Waals surface area contributed by atoms with Crippen LogP contribution in [0.15, 0.2) is 73.2 Å². The van der Waals surface area contributed by atoms with Gasteiger partial charge in [-0.3, -0.25) is 19.4 Å². The molecule has 1 unspecified atom stereocenters. The molecule has 2 amide bonds. The summed E-state index contributed by atoms with van der Waals surface area (Å²) in [7, 11) is 0. The van der Waals surface area contributed by atoms with Gasteiger partial charge in [-0.1, -0.05) is 48.5 Å². The molecule has 0 bridgehead atoms. The maximum Gasteiger partial charge on any atom is 0.333 e. The second kappa shape index (κ2) is 9.57. The number of nitrogens with one attached hydrogen (secondary N) is 1. The SMILES string of the molecule is NC(=O)C(=O)C(Cc1ccccc1)NC(=O)c1cn(C(F)F)nc1-c1cccc2ccncc12. The van der Waals surface area contributed by atoms with Crippen LogP contribution in [0, 0.1) is 0 Å². The summed E-state index contributed by atoms with van der Waals surface area (Å²) >= 11 is 0. The lowest BCUT2D eigenvalue weighted by Gasteiger charge is -2.16. The average molecular weight is 463 g/mol. The Bertz CT molecular complexity index is 1370. The Labute approximate surface area is 192 Å². The smallest absolute Gasteiger partial charge is 0.333 e. The van der Waals surface area contributed by atoms with Gasteiger partial charge in [-0.15, -0.1) is 0 Å². The number of nitrogens with zero attached hydrogens (tertiary/aromatic N) is 3. The lowest BCUT2D eigenvalue weighted by molar-refractivity contribution is -0.137. The Balaban J connectivity index is 1.74. The predicted octanol–water partition coefficient (Wildman–Crippen LogP) is 2.89. The van der Waals surface area contributed by atoms with Gasteiger partial charge >= 0.3 is 6.55 Å². The van der Waals surface area contributed by atoms with Gasteiger partial charge in [0.1, 0.15) is 11.7 Å². The molecule has 0 spiro atoms. The van der Waals surface area contributed by atoms with E-state index in [1.165, 1.54) is 0 Å². The van der Waals surface area contributed by atoms with Crippen molar-refractivity contribution in [2.24, 2.45) is 5.73 Å². The van der Waals surface area contributed by atoms with Crippen molar-refractivity contribution in [2.75, 3.05) is 0 Å². The Morgan fingerprint density at radius 3 is 2.50 bits per heavy atom. The minimum absolute atomic E-state index is 0.00907. The summed E-state index contributed by atoms with van der Waals surface area (Å²) in [6.45, 7) is -3.00. The molecule has 34 heavy (non-hydrogen) atoms. The predicted molar refractivity (Wildman–Crippen MR) is 120 cm³/mol. The van der Waals surface area contributed by atoms with E-state index in [0.29, 0.717) is 21.2 Å². The third-order valence-electron chi connectivity index (χ3n) is 5.26. The highest BCUT2D eigenvalue weighted by Crippen LogP contribution is 2.30. The zero-order chi connectivity index (χ0) is 24.2. The zero-order valence-electron chi connectivity index (χ0n) is 17.7. The van der Waals surface area contributed by atoms with Gasteiger partial charge in [0, 0.05) is 36.0 Å². The minimum atomic E-state index is -3.00. The average Bonchev–Trinajstić information content (AvgIpc) is 3.29. The van der Waals surface area contributed by atoms with Crippen LogP contribution in [-0.4, -0.2) is 38.4 Å². The second-order valence-electron chi connectivity index (χ2n) is 7.50. The molecule has 0 saturated carbocycles. The molecule has 8 nitrogen and oxygen atoms in total. The highest BCUT2D eigenvalue weighted by atomic mass is 19.3. The molecule has 0 aliphatic carbocycles. The van der Waals surface area contributed by atoms with Gasteiger partial charge in [0.05, 0.1) is 5.56 Å². The van der Waals surface area contributed by atoms with E-state index in [-0.39, 0.29) is 17.7 Å². The Morgan fingerprint density at radius 2 is 1.79 bits per heavy atom. The number of benzene rings is 2. The molecule has 2 aromatic heterocycles. The van der Waals surface area contributed by atoms with E-state index in [0.717, 1.165) is 11.6 Å². The van der Waals surface area contributed by atoms with Crippen LogP contribution in [0.1, 0.15) is 22.5 Å². The van der Waals surface area contributed by atoms with E-state index in [1.807, 2.05) is 6.07 Å². The largest absolute Gasteiger partial charge is 0.363 e.